The van der Waals surface area contributed by atoms with Gasteiger partial charge in [-0.15, -0.1) is 0 Å². The molecule has 1 aromatic carbocycles. The summed E-state index contributed by atoms with van der Waals surface area (Å²) in [5.74, 6) is 0.420. The zero-order valence-electron chi connectivity index (χ0n) is 13.1. The van der Waals surface area contributed by atoms with Crippen LogP contribution in [0.1, 0.15) is 45.1 Å². The Balaban J connectivity index is 2.56. The number of aliphatic hydroxyl groups excluding tert-OH is 1. The fourth-order valence-corrected chi connectivity index (χ4v) is 2.50. The summed E-state index contributed by atoms with van der Waals surface area (Å²) in [6.07, 6.45) is 1.81. The Morgan fingerprint density at radius 2 is 1.86 bits per heavy atom. The summed E-state index contributed by atoms with van der Waals surface area (Å²) < 4.78 is 0. The molecule has 0 spiro atoms. The van der Waals surface area contributed by atoms with Gasteiger partial charge in [-0.25, -0.2) is 0 Å². The lowest BCUT2D eigenvalue weighted by Gasteiger charge is -2.21. The predicted octanol–water partition coefficient (Wildman–Crippen LogP) is 3.60. The molecule has 4 heteroatoms. The predicted molar refractivity (Wildman–Crippen MR) is 87.5 cm³/mol. The highest BCUT2D eigenvalue weighted by atomic mass is 35.5. The van der Waals surface area contributed by atoms with E-state index in [-0.39, 0.29) is 24.3 Å². The second-order valence-electron chi connectivity index (χ2n) is 5.99. The third-order valence-corrected chi connectivity index (χ3v) is 3.91. The van der Waals surface area contributed by atoms with Crippen molar-refractivity contribution < 1.29 is 9.90 Å². The summed E-state index contributed by atoms with van der Waals surface area (Å²) in [6.45, 7) is 6.96. The lowest BCUT2D eigenvalue weighted by molar-refractivity contribution is -0.123. The van der Waals surface area contributed by atoms with Crippen LogP contribution >= 0.6 is 11.6 Å². The Morgan fingerprint density at radius 3 is 2.38 bits per heavy atom. The van der Waals surface area contributed by atoms with Crippen LogP contribution in [0.15, 0.2) is 24.3 Å². The van der Waals surface area contributed by atoms with Crippen molar-refractivity contribution in [3.8, 4) is 0 Å². The minimum Gasteiger partial charge on any atom is -0.396 e. The number of hydrogen-bond acceptors (Lipinski definition) is 2. The van der Waals surface area contributed by atoms with Gasteiger partial charge in [-0.3, -0.25) is 4.79 Å². The molecule has 1 amide bonds. The molecule has 0 aliphatic heterocycles. The minimum absolute atomic E-state index is 0.0592. The molecule has 3 nitrogen and oxygen atoms in total. The number of benzene rings is 1. The number of carbonyl (C=O) groups is 1. The maximum Gasteiger partial charge on any atom is 0.227 e. The number of halogens is 1. The molecule has 2 atom stereocenters. The van der Waals surface area contributed by atoms with Crippen LogP contribution in [0.2, 0.25) is 5.02 Å². The van der Waals surface area contributed by atoms with Crippen molar-refractivity contribution in [2.24, 2.45) is 11.8 Å². The number of aliphatic hydroxyl groups is 1. The zero-order valence-corrected chi connectivity index (χ0v) is 13.9. The Kier molecular flexibility index (Phi) is 7.76. The second-order valence-corrected chi connectivity index (χ2v) is 6.43. The summed E-state index contributed by atoms with van der Waals surface area (Å²) in [5, 5.41) is 12.7. The van der Waals surface area contributed by atoms with E-state index in [4.69, 9.17) is 16.7 Å². The van der Waals surface area contributed by atoms with Gasteiger partial charge in [0.2, 0.25) is 5.91 Å². The van der Waals surface area contributed by atoms with Gasteiger partial charge >= 0.3 is 0 Å². The van der Waals surface area contributed by atoms with Crippen molar-refractivity contribution in [3.63, 3.8) is 0 Å². The van der Waals surface area contributed by atoms with E-state index in [1.54, 1.807) is 0 Å². The molecule has 1 rings (SSSR count). The zero-order chi connectivity index (χ0) is 15.8. The van der Waals surface area contributed by atoms with Crippen molar-refractivity contribution in [2.75, 3.05) is 13.2 Å². The van der Waals surface area contributed by atoms with Crippen LogP contribution < -0.4 is 5.32 Å². The third kappa shape index (κ3) is 6.06. The standard InChI is InChI=1S/C17H26ClNO2/c1-12(2)16(14-6-8-15(18)9-7-14)17(21)19-10-4-5-13(3)11-20/h6-9,12-13,16,20H,4-5,10-11H2,1-3H3,(H,19,21). The van der Waals surface area contributed by atoms with Crippen molar-refractivity contribution in [1.29, 1.82) is 0 Å². The minimum atomic E-state index is -0.155. The van der Waals surface area contributed by atoms with E-state index in [0.29, 0.717) is 17.5 Å². The van der Waals surface area contributed by atoms with Crippen LogP contribution in [0.4, 0.5) is 0 Å². The largest absolute Gasteiger partial charge is 0.396 e. The highest BCUT2D eigenvalue weighted by molar-refractivity contribution is 6.30. The molecule has 21 heavy (non-hydrogen) atoms. The van der Waals surface area contributed by atoms with E-state index < -0.39 is 0 Å². The Hall–Kier alpha value is -1.06. The van der Waals surface area contributed by atoms with E-state index in [1.807, 2.05) is 45.0 Å². The third-order valence-electron chi connectivity index (χ3n) is 3.66. The highest BCUT2D eigenvalue weighted by Crippen LogP contribution is 2.26. The van der Waals surface area contributed by atoms with Crippen LogP contribution in [0.25, 0.3) is 0 Å². The Bertz CT molecular complexity index is 431. The van der Waals surface area contributed by atoms with Gasteiger partial charge in [-0.2, -0.15) is 0 Å². The van der Waals surface area contributed by atoms with Gasteiger partial charge < -0.3 is 10.4 Å². The summed E-state index contributed by atoms with van der Waals surface area (Å²) in [7, 11) is 0. The fraction of sp³-hybridized carbons (Fsp3) is 0.588. The molecular formula is C17H26ClNO2. The molecule has 0 aromatic heterocycles. The maximum absolute atomic E-state index is 12.4. The van der Waals surface area contributed by atoms with Crippen molar-refractivity contribution in [2.45, 2.75) is 39.5 Å². The first-order valence-corrected chi connectivity index (χ1v) is 7.97. The molecule has 1 aromatic rings. The van der Waals surface area contributed by atoms with Crippen LogP contribution in [0.3, 0.4) is 0 Å². The number of nitrogens with one attached hydrogen (secondary N) is 1. The smallest absolute Gasteiger partial charge is 0.227 e. The van der Waals surface area contributed by atoms with Gasteiger partial charge in [-0.1, -0.05) is 44.5 Å². The van der Waals surface area contributed by atoms with Gasteiger partial charge in [0.05, 0.1) is 5.92 Å². The fourth-order valence-electron chi connectivity index (χ4n) is 2.37. The summed E-state index contributed by atoms with van der Waals surface area (Å²) in [4.78, 5) is 12.4. The molecular weight excluding hydrogens is 286 g/mol. The molecule has 0 radical (unpaired) electrons. The maximum atomic E-state index is 12.4. The average Bonchev–Trinajstić information content (AvgIpc) is 2.45. The topological polar surface area (TPSA) is 49.3 Å². The molecule has 0 saturated heterocycles. The second kappa shape index (κ2) is 9.06. The number of amides is 1. The Labute approximate surface area is 132 Å². The van der Waals surface area contributed by atoms with Gasteiger partial charge in [0.1, 0.15) is 0 Å². The summed E-state index contributed by atoms with van der Waals surface area (Å²) in [6, 6.07) is 7.48. The van der Waals surface area contributed by atoms with Gasteiger partial charge in [0.15, 0.2) is 0 Å². The quantitative estimate of drug-likeness (QED) is 0.721. The number of rotatable bonds is 8. The molecule has 2 unspecified atom stereocenters. The summed E-state index contributed by atoms with van der Waals surface area (Å²) in [5.41, 5.74) is 0.996. The van der Waals surface area contributed by atoms with Crippen molar-refractivity contribution >= 4 is 17.5 Å². The molecule has 2 N–H and O–H groups in total. The van der Waals surface area contributed by atoms with E-state index in [1.165, 1.54) is 0 Å². The first-order valence-electron chi connectivity index (χ1n) is 7.59. The molecule has 0 aliphatic carbocycles. The highest BCUT2D eigenvalue weighted by Gasteiger charge is 2.23. The van der Waals surface area contributed by atoms with E-state index in [2.05, 4.69) is 5.32 Å². The lowest BCUT2D eigenvalue weighted by Crippen LogP contribution is -2.32. The van der Waals surface area contributed by atoms with Crippen LogP contribution in [0.5, 0.6) is 0 Å². The normalized spacial score (nSPS) is 14.0. The van der Waals surface area contributed by atoms with Gasteiger partial charge in [0, 0.05) is 18.2 Å². The SMILES string of the molecule is CC(CO)CCCNC(=O)C(c1ccc(Cl)cc1)C(C)C. The number of hydrogen-bond donors (Lipinski definition) is 2. The van der Waals surface area contributed by atoms with E-state index >= 15 is 0 Å². The molecule has 0 bridgehead atoms. The first-order chi connectivity index (χ1) is 9.95. The van der Waals surface area contributed by atoms with Crippen LogP contribution in [0, 0.1) is 11.8 Å². The van der Waals surface area contributed by atoms with E-state index in [9.17, 15) is 4.79 Å². The Morgan fingerprint density at radius 1 is 1.24 bits per heavy atom. The van der Waals surface area contributed by atoms with Crippen molar-refractivity contribution in [1.82, 2.24) is 5.32 Å². The lowest BCUT2D eigenvalue weighted by atomic mass is 9.87. The van der Waals surface area contributed by atoms with Crippen molar-refractivity contribution in [3.05, 3.63) is 34.9 Å². The van der Waals surface area contributed by atoms with Gasteiger partial charge in [0.25, 0.3) is 0 Å². The van der Waals surface area contributed by atoms with Crippen LogP contribution in [-0.2, 0) is 4.79 Å². The molecule has 0 aliphatic rings. The first kappa shape index (κ1) is 18.0. The molecule has 0 saturated carbocycles. The summed E-state index contributed by atoms with van der Waals surface area (Å²) >= 11 is 5.90. The number of carbonyl (C=O) groups excluding carboxylic acids is 1. The molecule has 0 fully saturated rings. The van der Waals surface area contributed by atoms with Crippen LogP contribution in [-0.4, -0.2) is 24.2 Å². The van der Waals surface area contributed by atoms with E-state index in [0.717, 1.165) is 18.4 Å². The molecule has 0 heterocycles. The monoisotopic (exact) mass is 311 g/mol. The molecule has 118 valence electrons. The van der Waals surface area contributed by atoms with Gasteiger partial charge in [-0.05, 0) is 42.4 Å². The average molecular weight is 312 g/mol.